The summed E-state index contributed by atoms with van der Waals surface area (Å²) in [4.78, 5) is 0. The second-order valence-corrected chi connectivity index (χ2v) is 7.50. The summed E-state index contributed by atoms with van der Waals surface area (Å²) in [7, 11) is 5.92. The Kier molecular flexibility index (Phi) is 10.1. The van der Waals surface area contributed by atoms with Gasteiger partial charge in [-0.3, -0.25) is 0 Å². The van der Waals surface area contributed by atoms with Gasteiger partial charge in [0, 0.05) is 31.3 Å². The Balaban J connectivity index is 2.03. The Bertz CT molecular complexity index is 714. The van der Waals surface area contributed by atoms with Crippen LogP contribution in [0.2, 0.25) is 0 Å². The summed E-state index contributed by atoms with van der Waals surface area (Å²) in [5, 5.41) is 10.4. The Morgan fingerprint density at radius 2 is 2.07 bits per heavy atom. The van der Waals surface area contributed by atoms with Crippen LogP contribution in [-0.2, 0) is 20.0 Å². The Morgan fingerprint density at radius 3 is 2.70 bits per heavy atom. The van der Waals surface area contributed by atoms with Crippen LogP contribution in [0.3, 0.4) is 0 Å². The molecule has 10 heteroatoms. The molecular formula is C20H27F3O5P2. The summed E-state index contributed by atoms with van der Waals surface area (Å²) in [6, 6.07) is 4.70. The van der Waals surface area contributed by atoms with Crippen molar-refractivity contribution in [1.82, 2.24) is 0 Å². The normalized spacial score (nSPS) is 25.8. The Labute approximate surface area is 179 Å². The van der Waals surface area contributed by atoms with Crippen LogP contribution in [0.15, 0.2) is 48.8 Å². The van der Waals surface area contributed by atoms with Crippen molar-refractivity contribution in [3.8, 4) is 5.75 Å². The summed E-state index contributed by atoms with van der Waals surface area (Å²) in [5.74, 6) is -0.0294. The highest BCUT2D eigenvalue weighted by molar-refractivity contribution is 7.10. The van der Waals surface area contributed by atoms with Crippen LogP contribution in [0.4, 0.5) is 13.2 Å². The molecule has 0 heterocycles. The number of halogens is 3. The second kappa shape index (κ2) is 12.0. The van der Waals surface area contributed by atoms with Crippen LogP contribution in [0, 0.1) is 11.8 Å². The van der Waals surface area contributed by atoms with Crippen LogP contribution in [0.25, 0.3) is 0 Å². The fourth-order valence-corrected chi connectivity index (χ4v) is 3.93. The summed E-state index contributed by atoms with van der Waals surface area (Å²) in [5.41, 5.74) is -0.772. The van der Waals surface area contributed by atoms with E-state index in [-0.39, 0.29) is 30.3 Å². The van der Waals surface area contributed by atoms with Gasteiger partial charge in [-0.05, 0) is 36.6 Å². The van der Waals surface area contributed by atoms with Crippen LogP contribution in [0.1, 0.15) is 18.4 Å². The molecule has 2 rings (SSSR count). The highest BCUT2D eigenvalue weighted by Gasteiger charge is 2.40. The fraction of sp³-hybridized carbons (Fsp3) is 0.500. The van der Waals surface area contributed by atoms with E-state index >= 15 is 0 Å². The zero-order valence-corrected chi connectivity index (χ0v) is 18.8. The molecule has 1 aliphatic carbocycles. The number of methoxy groups -OCH3 is 1. The largest absolute Gasteiger partial charge is 0.505 e. The molecule has 0 bridgehead atoms. The first-order valence-corrected chi connectivity index (χ1v) is 10.3. The quantitative estimate of drug-likeness (QED) is 0.312. The summed E-state index contributed by atoms with van der Waals surface area (Å²) < 4.78 is 59.6. The van der Waals surface area contributed by atoms with E-state index in [1.165, 1.54) is 12.1 Å². The van der Waals surface area contributed by atoms with E-state index in [0.29, 0.717) is 12.8 Å². The molecule has 0 spiro atoms. The minimum atomic E-state index is -4.43. The van der Waals surface area contributed by atoms with Gasteiger partial charge in [-0.1, -0.05) is 18.2 Å². The van der Waals surface area contributed by atoms with Gasteiger partial charge in [-0.25, -0.2) is 0 Å². The molecule has 0 aromatic heterocycles. The van der Waals surface area contributed by atoms with Crippen molar-refractivity contribution in [3.63, 3.8) is 0 Å². The smallest absolute Gasteiger partial charge is 0.416 e. The summed E-state index contributed by atoms with van der Waals surface area (Å²) in [6.45, 7) is 0.0250. The highest BCUT2D eigenvalue weighted by atomic mass is 31.0. The maximum Gasteiger partial charge on any atom is 0.416 e. The third kappa shape index (κ3) is 7.21. The molecule has 0 saturated heterocycles. The van der Waals surface area contributed by atoms with Gasteiger partial charge < -0.3 is 23.6 Å². The molecule has 30 heavy (non-hydrogen) atoms. The molecule has 5 nitrogen and oxygen atoms in total. The zero-order valence-electron chi connectivity index (χ0n) is 16.5. The van der Waals surface area contributed by atoms with Crippen molar-refractivity contribution in [2.45, 2.75) is 37.3 Å². The minimum absolute atomic E-state index is 0.0250. The van der Waals surface area contributed by atoms with E-state index in [2.05, 4.69) is 18.9 Å². The zero-order chi connectivity index (χ0) is 22.1. The van der Waals surface area contributed by atoms with Gasteiger partial charge in [0.15, 0.2) is 0 Å². The second-order valence-electron chi connectivity index (χ2n) is 6.96. The molecule has 1 saturated carbocycles. The number of benzene rings is 1. The first kappa shape index (κ1) is 25.1. The molecule has 7 atom stereocenters. The van der Waals surface area contributed by atoms with Gasteiger partial charge >= 0.3 is 6.18 Å². The van der Waals surface area contributed by atoms with Crippen LogP contribution < -0.4 is 4.74 Å². The van der Waals surface area contributed by atoms with Gasteiger partial charge in [0.25, 0.3) is 0 Å². The van der Waals surface area contributed by atoms with Gasteiger partial charge in [0.2, 0.25) is 0 Å². The lowest BCUT2D eigenvalue weighted by molar-refractivity contribution is -0.137. The molecule has 5 unspecified atom stereocenters. The predicted octanol–water partition coefficient (Wildman–Crippen LogP) is 4.54. The number of hydrogen-bond donors (Lipinski definition) is 1. The SMILES string of the molecule is COC=CC[C@H]1C(O)CC(OP)[C@@H]1C=CC(COc1cccc(C(F)(F)F)c1)OP. The van der Waals surface area contributed by atoms with E-state index in [9.17, 15) is 18.3 Å². The van der Waals surface area contributed by atoms with Crippen molar-refractivity contribution in [2.75, 3.05) is 13.7 Å². The molecule has 0 radical (unpaired) electrons. The van der Waals surface area contributed by atoms with Gasteiger partial charge in [-0.2, -0.15) is 13.2 Å². The Morgan fingerprint density at radius 1 is 1.30 bits per heavy atom. The summed E-state index contributed by atoms with van der Waals surface area (Å²) >= 11 is 0. The van der Waals surface area contributed by atoms with Crippen LogP contribution >= 0.6 is 18.9 Å². The van der Waals surface area contributed by atoms with Crippen molar-refractivity contribution < 1.29 is 36.8 Å². The topological polar surface area (TPSA) is 57.2 Å². The maximum absolute atomic E-state index is 12.8. The molecule has 1 N–H and O–H groups in total. The first-order chi connectivity index (χ1) is 14.3. The third-order valence-corrected chi connectivity index (χ3v) is 5.70. The average Bonchev–Trinajstić information content (AvgIpc) is 3.02. The Hall–Kier alpha value is -1.17. The number of ether oxygens (including phenoxy) is 2. The molecule has 1 aliphatic rings. The number of alkyl halides is 3. The van der Waals surface area contributed by atoms with Crippen LogP contribution in [0.5, 0.6) is 5.75 Å². The van der Waals surface area contributed by atoms with E-state index in [1.54, 1.807) is 19.4 Å². The molecule has 1 aromatic rings. The molecule has 0 amide bonds. The number of hydrogen-bond acceptors (Lipinski definition) is 5. The lowest BCUT2D eigenvalue weighted by Crippen LogP contribution is -2.22. The molecule has 168 valence electrons. The van der Waals surface area contributed by atoms with E-state index in [4.69, 9.17) is 18.5 Å². The van der Waals surface area contributed by atoms with Crippen molar-refractivity contribution in [1.29, 1.82) is 0 Å². The number of allylic oxidation sites excluding steroid dienone is 1. The van der Waals surface area contributed by atoms with Gasteiger partial charge in [0.1, 0.15) is 18.5 Å². The molecule has 0 aliphatic heterocycles. The molecule has 1 fully saturated rings. The van der Waals surface area contributed by atoms with Crippen LogP contribution in [-0.4, -0.2) is 37.1 Å². The lowest BCUT2D eigenvalue weighted by atomic mass is 9.90. The minimum Gasteiger partial charge on any atom is -0.505 e. The van der Waals surface area contributed by atoms with Crippen molar-refractivity contribution in [3.05, 3.63) is 54.3 Å². The number of rotatable bonds is 10. The molecule has 1 aromatic carbocycles. The average molecular weight is 466 g/mol. The standard InChI is InChI=1S/C20H27F3O5P2/c1-25-9-3-6-16-17(19(28-30)11-18(16)24)8-7-15(27-29)12-26-14-5-2-4-13(10-14)20(21,22)23/h2-5,7-10,15-19,24H,6,11-12,29-30H2,1H3/t15?,16-,17-,18?,19?/m1/s1. The monoisotopic (exact) mass is 466 g/mol. The summed E-state index contributed by atoms with van der Waals surface area (Å²) in [6.07, 6.45) is 2.55. The van der Waals surface area contributed by atoms with Gasteiger partial charge in [0.05, 0.1) is 31.1 Å². The van der Waals surface area contributed by atoms with E-state index in [1.807, 2.05) is 12.2 Å². The fourth-order valence-electron chi connectivity index (χ4n) is 3.47. The van der Waals surface area contributed by atoms with Crippen molar-refractivity contribution in [2.24, 2.45) is 11.8 Å². The van der Waals surface area contributed by atoms with E-state index in [0.717, 1.165) is 12.1 Å². The van der Waals surface area contributed by atoms with Gasteiger partial charge in [-0.15, -0.1) is 0 Å². The van der Waals surface area contributed by atoms with E-state index < -0.39 is 23.9 Å². The maximum atomic E-state index is 12.8. The third-order valence-electron chi connectivity index (χ3n) is 5.01. The number of aliphatic hydroxyl groups excluding tert-OH is 1. The highest BCUT2D eigenvalue weighted by Crippen LogP contribution is 2.39. The first-order valence-electron chi connectivity index (χ1n) is 9.35. The lowest BCUT2D eigenvalue weighted by Gasteiger charge is -2.21. The number of aliphatic hydroxyl groups is 1. The molecular weight excluding hydrogens is 439 g/mol. The van der Waals surface area contributed by atoms with Crippen molar-refractivity contribution >= 4 is 18.9 Å². The predicted molar refractivity (Wildman–Crippen MR) is 114 cm³/mol.